The van der Waals surface area contributed by atoms with Crippen LogP contribution in [0.4, 0.5) is 0 Å². The van der Waals surface area contributed by atoms with E-state index < -0.39 is 23.9 Å². The number of carbonyl (C=O) groups is 2. The van der Waals surface area contributed by atoms with Crippen LogP contribution in [0.15, 0.2) is 48.5 Å². The van der Waals surface area contributed by atoms with E-state index in [0.29, 0.717) is 28.7 Å². The summed E-state index contributed by atoms with van der Waals surface area (Å²) in [5.41, 5.74) is 0.662. The van der Waals surface area contributed by atoms with E-state index in [9.17, 15) is 9.59 Å². The second-order valence-electron chi connectivity index (χ2n) is 12.5. The Morgan fingerprint density at radius 3 is 2.65 bits per heavy atom. The third-order valence-corrected chi connectivity index (χ3v) is 9.79. The molecule has 1 N–H and O–H groups in total. The molecule has 10 nitrogen and oxygen atoms in total. The van der Waals surface area contributed by atoms with Gasteiger partial charge in [0.05, 0.1) is 0 Å². The van der Waals surface area contributed by atoms with Gasteiger partial charge < -0.3 is 29.0 Å². The average Bonchev–Trinajstić information content (AvgIpc) is 3.36. The third kappa shape index (κ3) is 5.10. The second kappa shape index (κ2) is 10.9. The molecule has 1 aliphatic carbocycles. The lowest BCUT2D eigenvalue weighted by Crippen LogP contribution is -2.72. The Balaban J connectivity index is 0.951. The van der Waals surface area contributed by atoms with Crippen LogP contribution < -0.4 is 19.5 Å². The fourth-order valence-corrected chi connectivity index (χ4v) is 7.42. The summed E-state index contributed by atoms with van der Waals surface area (Å²) in [5.74, 6) is 1.34. The lowest BCUT2D eigenvalue weighted by molar-refractivity contribution is -0.571. The summed E-state index contributed by atoms with van der Waals surface area (Å²) in [6.45, 7) is 6.25. The van der Waals surface area contributed by atoms with Gasteiger partial charge in [0.15, 0.2) is 35.8 Å². The van der Waals surface area contributed by atoms with Crippen LogP contribution in [0.5, 0.6) is 17.2 Å². The van der Waals surface area contributed by atoms with Gasteiger partial charge in [-0.1, -0.05) is 26.0 Å². The highest BCUT2D eigenvalue weighted by molar-refractivity contribution is 6.06. The maximum atomic E-state index is 13.0. The molecule has 0 radical (unpaired) electrons. The van der Waals surface area contributed by atoms with Crippen molar-refractivity contribution in [3.63, 3.8) is 0 Å². The monoisotopic (exact) mass is 591 g/mol. The van der Waals surface area contributed by atoms with Gasteiger partial charge in [-0.3, -0.25) is 9.59 Å². The van der Waals surface area contributed by atoms with Crippen molar-refractivity contribution in [3.8, 4) is 17.2 Å². The number of allylic oxidation sites excluding steroid dienone is 1. The number of rotatable bonds is 7. The average molecular weight is 592 g/mol. The van der Waals surface area contributed by atoms with Gasteiger partial charge in [0.1, 0.15) is 12.0 Å². The molecular formula is C33H37NO9. The Kier molecular flexibility index (Phi) is 7.20. The maximum Gasteiger partial charge on any atom is 0.259 e. The van der Waals surface area contributed by atoms with Crippen molar-refractivity contribution in [3.05, 3.63) is 59.7 Å². The fourth-order valence-electron chi connectivity index (χ4n) is 7.42. The highest BCUT2D eigenvalue weighted by atomic mass is 17.3. The predicted molar refractivity (Wildman–Crippen MR) is 153 cm³/mol. The van der Waals surface area contributed by atoms with Crippen molar-refractivity contribution < 1.29 is 43.0 Å². The number of amides is 1. The van der Waals surface area contributed by atoms with E-state index >= 15 is 0 Å². The Labute approximate surface area is 250 Å². The molecule has 10 heteroatoms. The molecule has 2 aromatic carbocycles. The van der Waals surface area contributed by atoms with Crippen LogP contribution in [0.25, 0.3) is 6.08 Å². The van der Waals surface area contributed by atoms with Crippen LogP contribution in [-0.2, 0) is 24.0 Å². The second-order valence-corrected chi connectivity index (χ2v) is 12.5. The number of hydrogen-bond donors (Lipinski definition) is 1. The molecule has 5 fully saturated rings. The summed E-state index contributed by atoms with van der Waals surface area (Å²) < 4.78 is 29.2. The minimum absolute atomic E-state index is 0.0131. The van der Waals surface area contributed by atoms with E-state index in [0.717, 1.165) is 31.2 Å². The summed E-state index contributed by atoms with van der Waals surface area (Å²) in [6.07, 6.45) is 5.78. The van der Waals surface area contributed by atoms with E-state index in [4.69, 9.17) is 33.5 Å². The van der Waals surface area contributed by atoms with Crippen molar-refractivity contribution in [1.29, 1.82) is 0 Å². The van der Waals surface area contributed by atoms with E-state index in [1.165, 1.54) is 6.08 Å². The molecule has 8 atom stereocenters. The van der Waals surface area contributed by atoms with Crippen molar-refractivity contribution in [1.82, 2.24) is 5.32 Å². The van der Waals surface area contributed by atoms with E-state index in [1.807, 2.05) is 25.1 Å². The number of nitrogens with one attached hydrogen (secondary N) is 1. The van der Waals surface area contributed by atoms with Crippen LogP contribution in [0, 0.1) is 23.7 Å². The van der Waals surface area contributed by atoms with Crippen molar-refractivity contribution >= 4 is 17.8 Å². The molecule has 1 saturated carbocycles. The SMILES string of the molecule is C[C@@H]1CCC2[C@@H](C)[C@H](NC(=O)COc3ccc(C(=O)/C=C/c4ccc5c(c4)OCO5)cc3)O[C@@H]3O[C@@]4(C)CCC1[C@@]23OO4. The first-order chi connectivity index (χ1) is 20.7. The Morgan fingerprint density at radius 1 is 1.00 bits per heavy atom. The van der Waals surface area contributed by atoms with Crippen molar-refractivity contribution in [2.45, 2.75) is 70.4 Å². The molecular weight excluding hydrogens is 554 g/mol. The van der Waals surface area contributed by atoms with Crippen molar-refractivity contribution in [2.75, 3.05) is 13.4 Å². The molecule has 8 rings (SSSR count). The molecule has 228 valence electrons. The summed E-state index contributed by atoms with van der Waals surface area (Å²) >= 11 is 0. The zero-order chi connectivity index (χ0) is 29.8. The van der Waals surface area contributed by atoms with Gasteiger partial charge in [0.25, 0.3) is 5.91 Å². The molecule has 1 spiro atoms. The van der Waals surface area contributed by atoms with Gasteiger partial charge in [0.2, 0.25) is 12.6 Å². The summed E-state index contributed by atoms with van der Waals surface area (Å²) in [5, 5.41) is 3.01. The smallest absolute Gasteiger partial charge is 0.259 e. The van der Waals surface area contributed by atoms with Gasteiger partial charge in [-0.25, -0.2) is 9.78 Å². The van der Waals surface area contributed by atoms with Crippen LogP contribution in [0.2, 0.25) is 0 Å². The molecule has 5 heterocycles. The molecule has 1 amide bonds. The molecule has 2 bridgehead atoms. The lowest BCUT2D eigenvalue weighted by atomic mass is 9.58. The number of fused-ring (bicyclic) bond motifs is 3. The normalized spacial score (nSPS) is 35.7. The van der Waals surface area contributed by atoms with Gasteiger partial charge in [0, 0.05) is 23.8 Å². The lowest BCUT2D eigenvalue weighted by Gasteiger charge is -2.60. The summed E-state index contributed by atoms with van der Waals surface area (Å²) in [7, 11) is 0. The summed E-state index contributed by atoms with van der Waals surface area (Å²) in [6, 6.07) is 12.2. The summed E-state index contributed by atoms with van der Waals surface area (Å²) in [4.78, 5) is 37.7. The molecule has 6 aliphatic rings. The van der Waals surface area contributed by atoms with Gasteiger partial charge in [-0.15, -0.1) is 0 Å². The topological polar surface area (TPSA) is 111 Å². The van der Waals surface area contributed by atoms with Gasteiger partial charge >= 0.3 is 0 Å². The van der Waals surface area contributed by atoms with E-state index in [-0.39, 0.29) is 42.8 Å². The van der Waals surface area contributed by atoms with E-state index in [2.05, 4.69) is 19.2 Å². The standard InChI is InChI=1S/C33H37NO9/c1-19-4-11-25-20(2)30(40-31-33(25)24(19)14-15-32(3,41-31)42-43-33)34-29(36)17-37-23-9-7-22(8-10-23)26(35)12-5-21-6-13-27-28(16-21)39-18-38-27/h5-10,12-13,16,19-20,24-25,30-31H,4,11,14-15,17-18H2,1-3H3,(H,34,36)/b12-5+/t19-,20-,24?,25?,30-,31-,32-,33-/m1/s1. The predicted octanol–water partition coefficient (Wildman–Crippen LogP) is 5.01. The molecule has 2 aromatic rings. The number of benzene rings is 2. The van der Waals surface area contributed by atoms with Gasteiger partial charge in [-0.05, 0) is 86.1 Å². The number of ketones is 1. The zero-order valence-electron chi connectivity index (χ0n) is 24.6. The van der Waals surface area contributed by atoms with Crippen molar-refractivity contribution in [2.24, 2.45) is 23.7 Å². The van der Waals surface area contributed by atoms with Crippen LogP contribution in [0.1, 0.15) is 62.4 Å². The largest absolute Gasteiger partial charge is 0.484 e. The van der Waals surface area contributed by atoms with Crippen LogP contribution in [-0.4, -0.2) is 49.0 Å². The first kappa shape index (κ1) is 28.3. The fraction of sp³-hybridized carbons (Fsp3) is 0.515. The van der Waals surface area contributed by atoms with Crippen LogP contribution >= 0.6 is 0 Å². The molecule has 5 aliphatic heterocycles. The highest BCUT2D eigenvalue weighted by Crippen LogP contribution is 2.60. The minimum atomic E-state index is -0.870. The minimum Gasteiger partial charge on any atom is -0.484 e. The number of ether oxygens (including phenoxy) is 5. The van der Waals surface area contributed by atoms with E-state index in [1.54, 1.807) is 30.3 Å². The molecule has 0 aromatic heterocycles. The first-order valence-electron chi connectivity index (χ1n) is 15.1. The molecule has 4 saturated heterocycles. The molecule has 2 unspecified atom stereocenters. The third-order valence-electron chi connectivity index (χ3n) is 9.79. The Bertz CT molecular complexity index is 1430. The quantitative estimate of drug-likeness (QED) is 0.270. The Hall–Kier alpha value is -3.44. The highest BCUT2D eigenvalue weighted by Gasteiger charge is 2.69. The Morgan fingerprint density at radius 2 is 1.81 bits per heavy atom. The number of carbonyl (C=O) groups excluding carboxylic acids is 2. The van der Waals surface area contributed by atoms with Gasteiger partial charge in [-0.2, -0.15) is 0 Å². The molecule has 43 heavy (non-hydrogen) atoms. The maximum absolute atomic E-state index is 13.0. The number of hydrogen-bond acceptors (Lipinski definition) is 9. The zero-order valence-corrected chi connectivity index (χ0v) is 24.6. The first-order valence-corrected chi connectivity index (χ1v) is 15.1. The van der Waals surface area contributed by atoms with Crippen LogP contribution in [0.3, 0.4) is 0 Å².